The Kier molecular flexibility index (Phi) is 5.42. The van der Waals surface area contributed by atoms with Gasteiger partial charge in [-0.25, -0.2) is 4.79 Å². The molecule has 3 nitrogen and oxygen atoms in total. The average molecular weight is 288 g/mol. The van der Waals surface area contributed by atoms with Crippen LogP contribution in [0.4, 0.5) is 23.7 Å². The molecule has 0 aromatic heterocycles. The number of carbonyl (C=O) groups is 1. The van der Waals surface area contributed by atoms with E-state index in [0.717, 1.165) is 12.5 Å². The van der Waals surface area contributed by atoms with Gasteiger partial charge in [0.2, 0.25) is 0 Å². The highest BCUT2D eigenvalue weighted by atomic mass is 19.4. The number of carbonyl (C=O) groups excluding carboxylic acids is 1. The topological polar surface area (TPSA) is 32.3 Å². The van der Waals surface area contributed by atoms with Gasteiger partial charge in [-0.05, 0) is 30.5 Å². The van der Waals surface area contributed by atoms with E-state index in [0.29, 0.717) is 12.8 Å². The lowest BCUT2D eigenvalue weighted by Crippen LogP contribution is -2.27. The summed E-state index contributed by atoms with van der Waals surface area (Å²) in [5, 5.41) is 2.42. The molecule has 0 radical (unpaired) electrons. The minimum absolute atomic E-state index is 0.149. The van der Waals surface area contributed by atoms with Crippen LogP contribution in [-0.4, -0.2) is 25.0 Å². The Bertz CT molecular complexity index is 470. The zero-order chi connectivity index (χ0) is 15.3. The number of amides is 2. The maximum Gasteiger partial charge on any atom is 0.416 e. The zero-order valence-corrected chi connectivity index (χ0v) is 11.8. The van der Waals surface area contributed by atoms with Crippen molar-refractivity contribution in [2.75, 3.05) is 19.4 Å². The molecule has 20 heavy (non-hydrogen) atoms. The Morgan fingerprint density at radius 3 is 2.45 bits per heavy atom. The second-order valence-corrected chi connectivity index (χ2v) is 4.80. The van der Waals surface area contributed by atoms with Gasteiger partial charge in [-0.15, -0.1) is 0 Å². The lowest BCUT2D eigenvalue weighted by molar-refractivity contribution is -0.138. The number of urea groups is 1. The molecule has 0 saturated heterocycles. The van der Waals surface area contributed by atoms with E-state index in [9.17, 15) is 18.0 Å². The average Bonchev–Trinajstić information content (AvgIpc) is 2.35. The summed E-state index contributed by atoms with van der Waals surface area (Å²) in [7, 11) is 3.05. The van der Waals surface area contributed by atoms with Crippen LogP contribution >= 0.6 is 0 Å². The maximum atomic E-state index is 13.0. The Balaban J connectivity index is 3.05. The third-order valence-corrected chi connectivity index (χ3v) is 2.87. The summed E-state index contributed by atoms with van der Waals surface area (Å²) < 4.78 is 39.1. The quantitative estimate of drug-likeness (QED) is 0.887. The van der Waals surface area contributed by atoms with Crippen LogP contribution in [0.2, 0.25) is 0 Å². The smallest absolute Gasteiger partial charge is 0.331 e. The molecule has 1 aromatic rings. The highest BCUT2D eigenvalue weighted by Gasteiger charge is 2.33. The van der Waals surface area contributed by atoms with Crippen LogP contribution in [0.1, 0.15) is 30.9 Å². The minimum atomic E-state index is -4.41. The van der Waals surface area contributed by atoms with Crippen LogP contribution in [0.3, 0.4) is 0 Å². The van der Waals surface area contributed by atoms with Crippen molar-refractivity contribution in [1.82, 2.24) is 4.90 Å². The number of halogens is 3. The van der Waals surface area contributed by atoms with E-state index in [1.807, 2.05) is 6.92 Å². The number of aryl methyl sites for hydroxylation is 1. The second-order valence-electron chi connectivity index (χ2n) is 4.80. The zero-order valence-electron chi connectivity index (χ0n) is 11.8. The first-order valence-electron chi connectivity index (χ1n) is 6.44. The van der Waals surface area contributed by atoms with Gasteiger partial charge in [0, 0.05) is 19.8 Å². The van der Waals surface area contributed by atoms with Crippen molar-refractivity contribution in [2.24, 2.45) is 0 Å². The summed E-state index contributed by atoms with van der Waals surface area (Å²) in [6, 6.07) is 3.47. The Labute approximate surface area is 116 Å². The fourth-order valence-corrected chi connectivity index (χ4v) is 1.74. The normalized spacial score (nSPS) is 11.3. The Morgan fingerprint density at radius 2 is 1.95 bits per heavy atom. The van der Waals surface area contributed by atoms with Crippen LogP contribution in [0.5, 0.6) is 0 Å². The van der Waals surface area contributed by atoms with Gasteiger partial charge in [0.25, 0.3) is 0 Å². The minimum Gasteiger partial charge on any atom is -0.331 e. The number of anilines is 1. The predicted octanol–water partition coefficient (Wildman–Crippen LogP) is 4.14. The number of alkyl halides is 3. The molecular weight excluding hydrogens is 269 g/mol. The number of hydrogen-bond acceptors (Lipinski definition) is 1. The molecule has 0 fully saturated rings. The van der Waals surface area contributed by atoms with Crippen molar-refractivity contribution < 1.29 is 18.0 Å². The standard InChI is InChI=1S/C14H19F3N2O/c1-4-5-6-10-7-8-11(18-13(20)19(2)3)9-12(10)14(15,16)17/h7-9H,4-6H2,1-3H3,(H,18,20). The molecule has 0 atom stereocenters. The van der Waals surface area contributed by atoms with Crippen LogP contribution in [-0.2, 0) is 12.6 Å². The van der Waals surface area contributed by atoms with Crippen molar-refractivity contribution >= 4 is 11.7 Å². The number of nitrogens with zero attached hydrogens (tertiary/aromatic N) is 1. The van der Waals surface area contributed by atoms with E-state index >= 15 is 0 Å². The van der Waals surface area contributed by atoms with Crippen molar-refractivity contribution in [3.8, 4) is 0 Å². The molecule has 0 unspecified atom stereocenters. The van der Waals surface area contributed by atoms with E-state index in [2.05, 4.69) is 5.32 Å². The highest BCUT2D eigenvalue weighted by Crippen LogP contribution is 2.34. The number of nitrogens with one attached hydrogen (secondary N) is 1. The van der Waals surface area contributed by atoms with Crippen LogP contribution < -0.4 is 5.32 Å². The van der Waals surface area contributed by atoms with Gasteiger partial charge in [-0.2, -0.15) is 13.2 Å². The largest absolute Gasteiger partial charge is 0.416 e. The van der Waals surface area contributed by atoms with Crippen molar-refractivity contribution in [1.29, 1.82) is 0 Å². The van der Waals surface area contributed by atoms with Gasteiger partial charge in [0.1, 0.15) is 0 Å². The lowest BCUT2D eigenvalue weighted by Gasteiger charge is -2.16. The lowest BCUT2D eigenvalue weighted by atomic mass is 10.0. The number of benzene rings is 1. The molecular formula is C14H19F3N2O. The SMILES string of the molecule is CCCCc1ccc(NC(=O)N(C)C)cc1C(F)(F)F. The first-order chi connectivity index (χ1) is 9.25. The third-order valence-electron chi connectivity index (χ3n) is 2.87. The van der Waals surface area contributed by atoms with Crippen molar-refractivity contribution in [3.05, 3.63) is 29.3 Å². The summed E-state index contributed by atoms with van der Waals surface area (Å²) in [5.41, 5.74) is -0.263. The van der Waals surface area contributed by atoms with Crippen LogP contribution in [0.15, 0.2) is 18.2 Å². The van der Waals surface area contributed by atoms with Crippen molar-refractivity contribution in [3.63, 3.8) is 0 Å². The molecule has 0 aliphatic heterocycles. The second kappa shape index (κ2) is 6.63. The molecule has 0 aliphatic rings. The highest BCUT2D eigenvalue weighted by molar-refractivity contribution is 5.89. The number of rotatable bonds is 4. The van der Waals surface area contributed by atoms with E-state index in [1.54, 1.807) is 0 Å². The summed E-state index contributed by atoms with van der Waals surface area (Å²) in [6.45, 7) is 1.93. The summed E-state index contributed by atoms with van der Waals surface area (Å²) in [5.74, 6) is 0. The van der Waals surface area contributed by atoms with E-state index in [-0.39, 0.29) is 11.3 Å². The first-order valence-corrected chi connectivity index (χ1v) is 6.44. The summed E-state index contributed by atoms with van der Waals surface area (Å²) in [6.07, 6.45) is -2.50. The summed E-state index contributed by atoms with van der Waals surface area (Å²) >= 11 is 0. The molecule has 112 valence electrons. The van der Waals surface area contributed by atoms with Gasteiger partial charge in [0.15, 0.2) is 0 Å². The van der Waals surface area contributed by atoms with Crippen LogP contribution in [0.25, 0.3) is 0 Å². The van der Waals surface area contributed by atoms with Crippen molar-refractivity contribution in [2.45, 2.75) is 32.4 Å². The molecule has 0 saturated carbocycles. The monoisotopic (exact) mass is 288 g/mol. The fraction of sp³-hybridized carbons (Fsp3) is 0.500. The molecule has 1 aromatic carbocycles. The Morgan fingerprint density at radius 1 is 1.30 bits per heavy atom. The molecule has 0 spiro atoms. The van der Waals surface area contributed by atoms with Gasteiger partial charge in [-0.3, -0.25) is 0 Å². The molecule has 0 bridgehead atoms. The van der Waals surface area contributed by atoms with Gasteiger partial charge >= 0.3 is 12.2 Å². The Hall–Kier alpha value is -1.72. The van der Waals surface area contributed by atoms with E-state index < -0.39 is 17.8 Å². The van der Waals surface area contributed by atoms with E-state index in [4.69, 9.17) is 0 Å². The third kappa shape index (κ3) is 4.43. The maximum absolute atomic E-state index is 13.0. The number of unbranched alkanes of at least 4 members (excludes halogenated alkanes) is 1. The number of hydrogen-bond donors (Lipinski definition) is 1. The molecule has 0 heterocycles. The molecule has 6 heteroatoms. The predicted molar refractivity (Wildman–Crippen MR) is 72.8 cm³/mol. The molecule has 1 N–H and O–H groups in total. The molecule has 0 aliphatic carbocycles. The first kappa shape index (κ1) is 16.3. The van der Waals surface area contributed by atoms with E-state index in [1.165, 1.54) is 31.1 Å². The molecule has 2 amide bonds. The summed E-state index contributed by atoms with van der Waals surface area (Å²) in [4.78, 5) is 12.7. The van der Waals surface area contributed by atoms with Gasteiger partial charge in [0.05, 0.1) is 5.56 Å². The van der Waals surface area contributed by atoms with Gasteiger partial charge in [-0.1, -0.05) is 19.4 Å². The van der Waals surface area contributed by atoms with Crippen LogP contribution in [0, 0.1) is 0 Å². The molecule has 1 rings (SSSR count). The fourth-order valence-electron chi connectivity index (χ4n) is 1.74. The van der Waals surface area contributed by atoms with Gasteiger partial charge < -0.3 is 10.2 Å².